The van der Waals surface area contributed by atoms with E-state index in [9.17, 15) is 9.59 Å². The third-order valence-corrected chi connectivity index (χ3v) is 3.92. The van der Waals surface area contributed by atoms with E-state index in [0.29, 0.717) is 18.9 Å². The zero-order valence-corrected chi connectivity index (χ0v) is 11.6. The third-order valence-electron chi connectivity index (χ3n) is 3.92. The van der Waals surface area contributed by atoms with Crippen LogP contribution in [0.25, 0.3) is 0 Å². The molecule has 19 heavy (non-hydrogen) atoms. The van der Waals surface area contributed by atoms with Crippen LogP contribution in [0, 0.1) is 11.8 Å². The molecule has 0 aliphatic heterocycles. The molecule has 0 heterocycles. The molecule has 0 bridgehead atoms. The molecule has 1 fully saturated rings. The van der Waals surface area contributed by atoms with Gasteiger partial charge in [-0.3, -0.25) is 9.59 Å². The van der Waals surface area contributed by atoms with E-state index < -0.39 is 5.97 Å². The number of hydrogen-bond acceptors (Lipinski definition) is 3. The predicted molar refractivity (Wildman–Crippen MR) is 73.6 cm³/mol. The van der Waals surface area contributed by atoms with Gasteiger partial charge in [0.25, 0.3) is 0 Å². The maximum Gasteiger partial charge on any atom is 0.303 e. The van der Waals surface area contributed by atoms with Gasteiger partial charge in [0, 0.05) is 18.9 Å². The summed E-state index contributed by atoms with van der Waals surface area (Å²) in [6, 6.07) is 0. The summed E-state index contributed by atoms with van der Waals surface area (Å²) < 4.78 is 0. The number of carbonyl (C=O) groups excluding carboxylic acids is 1. The second-order valence-corrected chi connectivity index (χ2v) is 5.45. The van der Waals surface area contributed by atoms with Gasteiger partial charge in [-0.1, -0.05) is 6.42 Å². The van der Waals surface area contributed by atoms with Gasteiger partial charge in [0.05, 0.1) is 0 Å². The second-order valence-electron chi connectivity index (χ2n) is 5.45. The molecule has 5 heteroatoms. The van der Waals surface area contributed by atoms with Crippen LogP contribution in [0.1, 0.15) is 51.4 Å². The lowest BCUT2D eigenvalue weighted by Crippen LogP contribution is -2.34. The highest BCUT2D eigenvalue weighted by molar-refractivity contribution is 5.78. The summed E-state index contributed by atoms with van der Waals surface area (Å²) in [6.45, 7) is 1.40. The van der Waals surface area contributed by atoms with Crippen molar-refractivity contribution in [3.8, 4) is 0 Å². The molecule has 1 saturated carbocycles. The molecule has 0 unspecified atom stereocenters. The van der Waals surface area contributed by atoms with Gasteiger partial charge in [-0.05, 0) is 51.0 Å². The largest absolute Gasteiger partial charge is 0.481 e. The molecule has 1 rings (SSSR count). The molecule has 1 aliphatic rings. The average Bonchev–Trinajstić information content (AvgIpc) is 2.42. The topological polar surface area (TPSA) is 92.4 Å². The molecular formula is C14H26N2O3. The molecule has 0 aromatic heterocycles. The molecule has 0 spiro atoms. The minimum atomic E-state index is -0.749. The number of nitrogens with two attached hydrogens (primary N) is 1. The van der Waals surface area contributed by atoms with Gasteiger partial charge in [0.2, 0.25) is 5.91 Å². The molecule has 5 nitrogen and oxygen atoms in total. The van der Waals surface area contributed by atoms with Crippen LogP contribution in [0.2, 0.25) is 0 Å². The highest BCUT2D eigenvalue weighted by Crippen LogP contribution is 2.28. The minimum absolute atomic E-state index is 0.154. The number of nitrogens with one attached hydrogen (secondary N) is 1. The van der Waals surface area contributed by atoms with Gasteiger partial charge in [-0.15, -0.1) is 0 Å². The lowest BCUT2D eigenvalue weighted by Gasteiger charge is -2.26. The number of amides is 1. The summed E-state index contributed by atoms with van der Waals surface area (Å²) in [5.74, 6) is 0.163. The lowest BCUT2D eigenvalue weighted by atomic mass is 9.81. The second kappa shape index (κ2) is 8.91. The Bertz CT molecular complexity index is 286. The Labute approximate surface area is 114 Å². The van der Waals surface area contributed by atoms with Crippen molar-refractivity contribution in [1.29, 1.82) is 0 Å². The quantitative estimate of drug-likeness (QED) is 0.583. The maximum absolute atomic E-state index is 11.9. The number of aliphatic carboxylic acids is 1. The Balaban J connectivity index is 2.03. The van der Waals surface area contributed by atoms with Crippen molar-refractivity contribution >= 4 is 11.9 Å². The number of carbonyl (C=O) groups is 2. The molecule has 0 aromatic rings. The number of carboxylic acids is 1. The Morgan fingerprint density at radius 3 is 2.37 bits per heavy atom. The van der Waals surface area contributed by atoms with Gasteiger partial charge in [-0.2, -0.15) is 0 Å². The van der Waals surface area contributed by atoms with Gasteiger partial charge in [-0.25, -0.2) is 0 Å². The SMILES string of the molecule is NCC1CCC(C(=O)NCCCCCC(=O)O)CC1. The predicted octanol–water partition coefficient (Wildman–Crippen LogP) is 1.51. The summed E-state index contributed by atoms with van der Waals surface area (Å²) in [7, 11) is 0. The fourth-order valence-electron chi connectivity index (χ4n) is 2.59. The van der Waals surface area contributed by atoms with E-state index in [-0.39, 0.29) is 18.2 Å². The molecule has 1 amide bonds. The molecule has 0 aromatic carbocycles. The molecule has 0 radical (unpaired) electrons. The summed E-state index contributed by atoms with van der Waals surface area (Å²) >= 11 is 0. The molecular weight excluding hydrogens is 244 g/mol. The van der Waals surface area contributed by atoms with Crippen LogP contribution >= 0.6 is 0 Å². The van der Waals surface area contributed by atoms with Gasteiger partial charge < -0.3 is 16.2 Å². The van der Waals surface area contributed by atoms with Crippen LogP contribution in [0.15, 0.2) is 0 Å². The van der Waals surface area contributed by atoms with E-state index >= 15 is 0 Å². The number of hydrogen-bond donors (Lipinski definition) is 3. The first-order valence-electron chi connectivity index (χ1n) is 7.33. The fourth-order valence-corrected chi connectivity index (χ4v) is 2.59. The van der Waals surface area contributed by atoms with Crippen LogP contribution in [-0.4, -0.2) is 30.1 Å². The average molecular weight is 270 g/mol. The summed E-state index contributed by atoms with van der Waals surface area (Å²) in [4.78, 5) is 22.2. The van der Waals surface area contributed by atoms with Crippen molar-refractivity contribution in [2.45, 2.75) is 51.4 Å². The summed E-state index contributed by atoms with van der Waals surface area (Å²) in [6.07, 6.45) is 6.65. The van der Waals surface area contributed by atoms with Crippen LogP contribution in [0.4, 0.5) is 0 Å². The maximum atomic E-state index is 11.9. The van der Waals surface area contributed by atoms with E-state index in [4.69, 9.17) is 10.8 Å². The van der Waals surface area contributed by atoms with Crippen molar-refractivity contribution < 1.29 is 14.7 Å². The smallest absolute Gasteiger partial charge is 0.303 e. The van der Waals surface area contributed by atoms with Crippen molar-refractivity contribution in [2.24, 2.45) is 17.6 Å². The minimum Gasteiger partial charge on any atom is -0.481 e. The van der Waals surface area contributed by atoms with Crippen molar-refractivity contribution in [3.05, 3.63) is 0 Å². The summed E-state index contributed by atoms with van der Waals surface area (Å²) in [5, 5.41) is 11.4. The van der Waals surface area contributed by atoms with Crippen LogP contribution < -0.4 is 11.1 Å². The molecule has 110 valence electrons. The molecule has 0 saturated heterocycles. The Hall–Kier alpha value is -1.10. The molecule has 4 N–H and O–H groups in total. The van der Waals surface area contributed by atoms with Gasteiger partial charge in [0.1, 0.15) is 0 Å². The Morgan fingerprint density at radius 1 is 1.11 bits per heavy atom. The first-order valence-corrected chi connectivity index (χ1v) is 7.33. The van der Waals surface area contributed by atoms with Crippen LogP contribution in [0.5, 0.6) is 0 Å². The van der Waals surface area contributed by atoms with E-state index in [1.165, 1.54) is 0 Å². The first-order chi connectivity index (χ1) is 9.13. The van der Waals surface area contributed by atoms with Crippen molar-refractivity contribution in [1.82, 2.24) is 5.32 Å². The van der Waals surface area contributed by atoms with Crippen LogP contribution in [-0.2, 0) is 9.59 Å². The van der Waals surface area contributed by atoms with Crippen LogP contribution in [0.3, 0.4) is 0 Å². The van der Waals surface area contributed by atoms with E-state index in [1.807, 2.05) is 0 Å². The summed E-state index contributed by atoms with van der Waals surface area (Å²) in [5.41, 5.74) is 5.63. The van der Waals surface area contributed by atoms with Gasteiger partial charge >= 0.3 is 5.97 Å². The van der Waals surface area contributed by atoms with E-state index in [1.54, 1.807) is 0 Å². The first kappa shape index (κ1) is 16.0. The zero-order valence-electron chi connectivity index (χ0n) is 11.6. The number of carboxylic acid groups (broad SMARTS) is 1. The fraction of sp³-hybridized carbons (Fsp3) is 0.857. The monoisotopic (exact) mass is 270 g/mol. The van der Waals surface area contributed by atoms with Crippen molar-refractivity contribution in [2.75, 3.05) is 13.1 Å². The lowest BCUT2D eigenvalue weighted by molar-refractivity contribution is -0.137. The third kappa shape index (κ3) is 6.57. The van der Waals surface area contributed by atoms with E-state index in [2.05, 4.69) is 5.32 Å². The molecule has 0 atom stereocenters. The number of unbranched alkanes of at least 4 members (excludes halogenated alkanes) is 2. The van der Waals surface area contributed by atoms with Gasteiger partial charge in [0.15, 0.2) is 0 Å². The zero-order chi connectivity index (χ0) is 14.1. The molecule has 1 aliphatic carbocycles. The number of rotatable bonds is 8. The highest BCUT2D eigenvalue weighted by atomic mass is 16.4. The Kier molecular flexibility index (Phi) is 7.48. The highest BCUT2D eigenvalue weighted by Gasteiger charge is 2.25. The van der Waals surface area contributed by atoms with E-state index in [0.717, 1.165) is 45.1 Å². The normalized spacial score (nSPS) is 23.0. The van der Waals surface area contributed by atoms with Crippen molar-refractivity contribution in [3.63, 3.8) is 0 Å². The Morgan fingerprint density at radius 2 is 1.79 bits per heavy atom. The standard InChI is InChI=1S/C14H26N2O3/c15-10-11-5-7-12(8-6-11)14(19)16-9-3-1-2-4-13(17)18/h11-12H,1-10,15H2,(H,16,19)(H,17,18).